The number of carbonyl (C=O) groups is 1. The lowest BCUT2D eigenvalue weighted by Gasteiger charge is -2.09. The van der Waals surface area contributed by atoms with Crippen LogP contribution in [-0.2, 0) is 0 Å². The molecule has 78 valence electrons. The maximum Gasteiger partial charge on any atom is 0.251 e. The molecule has 1 aromatic heterocycles. The zero-order chi connectivity index (χ0) is 11.3. The first kappa shape index (κ1) is 11.7. The van der Waals surface area contributed by atoms with Crippen molar-refractivity contribution in [1.29, 1.82) is 5.26 Å². The molecule has 1 atom stereocenters. The van der Waals surface area contributed by atoms with Crippen LogP contribution in [0.2, 0.25) is 0 Å². The van der Waals surface area contributed by atoms with Crippen molar-refractivity contribution in [2.75, 3.05) is 0 Å². The zero-order valence-electron chi connectivity index (χ0n) is 8.20. The van der Waals surface area contributed by atoms with Gasteiger partial charge in [-0.05, 0) is 35.0 Å². The van der Waals surface area contributed by atoms with Crippen LogP contribution in [-0.4, -0.2) is 16.9 Å². The largest absolute Gasteiger partial charge is 0.349 e. The van der Waals surface area contributed by atoms with Gasteiger partial charge in [0.1, 0.15) is 4.60 Å². The highest BCUT2D eigenvalue weighted by molar-refractivity contribution is 9.10. The predicted molar refractivity (Wildman–Crippen MR) is 59.1 cm³/mol. The first-order chi connectivity index (χ1) is 7.13. The van der Waals surface area contributed by atoms with Crippen LogP contribution in [0, 0.1) is 11.3 Å². The van der Waals surface area contributed by atoms with E-state index >= 15 is 0 Å². The van der Waals surface area contributed by atoms with Crippen molar-refractivity contribution in [3.63, 3.8) is 0 Å². The van der Waals surface area contributed by atoms with E-state index < -0.39 is 0 Å². The lowest BCUT2D eigenvalue weighted by molar-refractivity contribution is 0.0940. The highest BCUT2D eigenvalue weighted by Gasteiger charge is 2.09. The van der Waals surface area contributed by atoms with Gasteiger partial charge in [0.2, 0.25) is 0 Å². The summed E-state index contributed by atoms with van der Waals surface area (Å²) in [4.78, 5) is 15.5. The van der Waals surface area contributed by atoms with Gasteiger partial charge in [0.05, 0.1) is 12.5 Å². The van der Waals surface area contributed by atoms with Crippen molar-refractivity contribution in [2.45, 2.75) is 19.4 Å². The molecule has 5 heteroatoms. The van der Waals surface area contributed by atoms with Crippen LogP contribution in [0.4, 0.5) is 0 Å². The van der Waals surface area contributed by atoms with E-state index in [2.05, 4.69) is 26.2 Å². The molecule has 0 spiro atoms. The number of nitrogens with zero attached hydrogens (tertiary/aromatic N) is 2. The number of amides is 1. The lowest BCUT2D eigenvalue weighted by Crippen LogP contribution is -2.32. The van der Waals surface area contributed by atoms with Gasteiger partial charge in [0, 0.05) is 17.8 Å². The Hall–Kier alpha value is -1.41. The molecule has 1 amide bonds. The van der Waals surface area contributed by atoms with Gasteiger partial charge in [0.25, 0.3) is 5.91 Å². The van der Waals surface area contributed by atoms with Gasteiger partial charge >= 0.3 is 0 Å². The number of aromatic nitrogens is 1. The molecule has 1 unspecified atom stereocenters. The summed E-state index contributed by atoms with van der Waals surface area (Å²) in [5, 5.41) is 11.2. The van der Waals surface area contributed by atoms with Crippen LogP contribution in [0.1, 0.15) is 23.7 Å². The molecule has 1 N–H and O–H groups in total. The Labute approximate surface area is 96.4 Å². The molecule has 0 saturated carbocycles. The van der Waals surface area contributed by atoms with Gasteiger partial charge in [-0.15, -0.1) is 0 Å². The maximum absolute atomic E-state index is 11.6. The summed E-state index contributed by atoms with van der Waals surface area (Å²) in [6.07, 6.45) is 1.85. The molecule has 0 fully saturated rings. The van der Waals surface area contributed by atoms with Crippen molar-refractivity contribution in [3.8, 4) is 6.07 Å². The number of pyridine rings is 1. The Bertz CT molecular complexity index is 400. The molecular weight excluding hydrogens is 258 g/mol. The number of nitrogens with one attached hydrogen (secondary N) is 1. The van der Waals surface area contributed by atoms with Gasteiger partial charge in [-0.25, -0.2) is 4.98 Å². The summed E-state index contributed by atoms with van der Waals surface area (Å²) in [6, 6.07) is 5.11. The van der Waals surface area contributed by atoms with E-state index in [4.69, 9.17) is 5.26 Å². The van der Waals surface area contributed by atoms with Gasteiger partial charge in [-0.2, -0.15) is 5.26 Å². The van der Waals surface area contributed by atoms with Crippen molar-refractivity contribution in [2.24, 2.45) is 0 Å². The fourth-order valence-electron chi connectivity index (χ4n) is 1.04. The monoisotopic (exact) mass is 267 g/mol. The smallest absolute Gasteiger partial charge is 0.251 e. The van der Waals surface area contributed by atoms with E-state index in [9.17, 15) is 4.79 Å². The van der Waals surface area contributed by atoms with Gasteiger partial charge in [-0.1, -0.05) is 0 Å². The molecule has 0 radical (unpaired) electrons. The molecule has 1 heterocycles. The minimum atomic E-state index is -0.194. The normalized spacial score (nSPS) is 11.5. The number of halogens is 1. The summed E-state index contributed by atoms with van der Waals surface area (Å²) in [5.41, 5.74) is 0.529. The Morgan fingerprint density at radius 1 is 1.80 bits per heavy atom. The summed E-state index contributed by atoms with van der Waals surface area (Å²) in [7, 11) is 0. The second-order valence-corrected chi connectivity index (χ2v) is 3.92. The van der Waals surface area contributed by atoms with Crippen LogP contribution in [0.3, 0.4) is 0 Å². The molecule has 0 aliphatic carbocycles. The molecule has 0 saturated heterocycles. The molecule has 0 aromatic carbocycles. The molecule has 4 nitrogen and oxygen atoms in total. The summed E-state index contributed by atoms with van der Waals surface area (Å²) >= 11 is 3.18. The molecule has 15 heavy (non-hydrogen) atoms. The first-order valence-corrected chi connectivity index (χ1v) is 5.22. The van der Waals surface area contributed by atoms with Crippen molar-refractivity contribution in [3.05, 3.63) is 28.5 Å². The summed E-state index contributed by atoms with van der Waals surface area (Å²) in [5.74, 6) is -0.194. The number of hydrogen-bond donors (Lipinski definition) is 1. The van der Waals surface area contributed by atoms with Gasteiger partial charge in [0.15, 0.2) is 0 Å². The van der Waals surface area contributed by atoms with Crippen LogP contribution in [0.15, 0.2) is 22.9 Å². The van der Waals surface area contributed by atoms with E-state index in [-0.39, 0.29) is 11.9 Å². The van der Waals surface area contributed by atoms with E-state index in [0.717, 1.165) is 0 Å². The highest BCUT2D eigenvalue weighted by atomic mass is 79.9. The number of carbonyl (C=O) groups excluding carboxylic acids is 1. The number of nitriles is 1. The maximum atomic E-state index is 11.6. The van der Waals surface area contributed by atoms with Crippen LogP contribution in [0.25, 0.3) is 0 Å². The lowest BCUT2D eigenvalue weighted by atomic mass is 10.2. The summed E-state index contributed by atoms with van der Waals surface area (Å²) < 4.78 is 0.614. The number of rotatable bonds is 3. The fourth-order valence-corrected chi connectivity index (χ4v) is 1.40. The SMILES string of the molecule is CC(CC#N)NC(=O)c1ccnc(Br)c1. The minimum Gasteiger partial charge on any atom is -0.349 e. The summed E-state index contributed by atoms with van der Waals surface area (Å²) in [6.45, 7) is 1.79. The van der Waals surface area contributed by atoms with Crippen molar-refractivity contribution in [1.82, 2.24) is 10.3 Å². The van der Waals surface area contributed by atoms with Crippen molar-refractivity contribution >= 4 is 21.8 Å². The molecule has 0 bridgehead atoms. The Kier molecular flexibility index (Phi) is 4.25. The Morgan fingerprint density at radius 2 is 2.53 bits per heavy atom. The molecular formula is C10H10BrN3O. The second kappa shape index (κ2) is 5.47. The fraction of sp³-hybridized carbons (Fsp3) is 0.300. The highest BCUT2D eigenvalue weighted by Crippen LogP contribution is 2.08. The molecule has 0 aliphatic rings. The van der Waals surface area contributed by atoms with Crippen molar-refractivity contribution < 1.29 is 4.79 Å². The van der Waals surface area contributed by atoms with E-state index in [1.165, 1.54) is 0 Å². The average molecular weight is 268 g/mol. The third kappa shape index (κ3) is 3.68. The molecule has 0 aliphatic heterocycles. The van der Waals surface area contributed by atoms with Crippen LogP contribution in [0.5, 0.6) is 0 Å². The molecule has 1 aromatic rings. The van der Waals surface area contributed by atoms with E-state index in [1.54, 1.807) is 25.3 Å². The standard InChI is InChI=1S/C10H10BrN3O/c1-7(2-4-12)14-10(15)8-3-5-13-9(11)6-8/h3,5-7H,2H2,1H3,(H,14,15). The number of hydrogen-bond acceptors (Lipinski definition) is 3. The average Bonchev–Trinajstić information content (AvgIpc) is 2.18. The quantitative estimate of drug-likeness (QED) is 0.851. The third-order valence-corrected chi connectivity index (χ3v) is 2.20. The van der Waals surface area contributed by atoms with Crippen LogP contribution < -0.4 is 5.32 Å². The van der Waals surface area contributed by atoms with E-state index in [1.807, 2.05) is 6.07 Å². The zero-order valence-corrected chi connectivity index (χ0v) is 9.78. The third-order valence-electron chi connectivity index (χ3n) is 1.76. The topological polar surface area (TPSA) is 65.8 Å². The minimum absolute atomic E-state index is 0.144. The predicted octanol–water partition coefficient (Wildman–Crippen LogP) is 1.88. The van der Waals surface area contributed by atoms with Gasteiger partial charge in [-0.3, -0.25) is 4.79 Å². The second-order valence-electron chi connectivity index (χ2n) is 3.10. The van der Waals surface area contributed by atoms with Crippen LogP contribution >= 0.6 is 15.9 Å². The van der Waals surface area contributed by atoms with E-state index in [0.29, 0.717) is 16.6 Å². The molecule has 1 rings (SSSR count). The Balaban J connectivity index is 2.66. The first-order valence-electron chi connectivity index (χ1n) is 4.43. The van der Waals surface area contributed by atoms with Gasteiger partial charge < -0.3 is 5.32 Å². The Morgan fingerprint density at radius 3 is 3.13 bits per heavy atom.